The number of rotatable bonds is 61. The SMILES string of the molecule is CC=O.CCCCCCCCC(CCCCCCCC)OC(=O)CCCCCC.CCCCCCCCC(CCCCCCCC)OC=O.CCCCCCOCC(C)[C-]=O.CCCOCCOCCC.[CH2-]CC(C)C[CH2-].[CH2-]CCCCCCC.[CH2-]COCCC.[CH3-].[K+].[K+]. The Morgan fingerprint density at radius 1 is 0.394 bits per heavy atom. The van der Waals surface area contributed by atoms with Crippen molar-refractivity contribution in [2.24, 2.45) is 11.8 Å². The van der Waals surface area contributed by atoms with Gasteiger partial charge in [-0.3, -0.25) is 15.9 Å². The summed E-state index contributed by atoms with van der Waals surface area (Å²) in [6.45, 7) is 48.7. The summed E-state index contributed by atoms with van der Waals surface area (Å²) in [6.07, 6.45) is 62.0. The Morgan fingerprint density at radius 2 is 0.702 bits per heavy atom. The summed E-state index contributed by atoms with van der Waals surface area (Å²) in [4.78, 5) is 41.6. The first-order valence-corrected chi connectivity index (χ1v) is 38.9. The van der Waals surface area contributed by atoms with Crippen molar-refractivity contribution in [1.82, 2.24) is 0 Å². The molecule has 0 heterocycles. The van der Waals surface area contributed by atoms with Crippen molar-refractivity contribution < 1.29 is 150 Å². The van der Waals surface area contributed by atoms with Crippen molar-refractivity contribution in [3.05, 3.63) is 35.1 Å². The first-order valence-electron chi connectivity index (χ1n) is 38.9. The Morgan fingerprint density at radius 3 is 0.989 bits per heavy atom. The van der Waals surface area contributed by atoms with E-state index in [-0.39, 0.29) is 134 Å². The van der Waals surface area contributed by atoms with Crippen molar-refractivity contribution in [1.29, 1.82) is 0 Å². The van der Waals surface area contributed by atoms with Crippen LogP contribution >= 0.6 is 0 Å². The summed E-state index contributed by atoms with van der Waals surface area (Å²) in [5, 5.41) is 0. The molecule has 562 valence electrons. The summed E-state index contributed by atoms with van der Waals surface area (Å²) >= 11 is 0. The van der Waals surface area contributed by atoms with E-state index >= 15 is 0 Å². The molecule has 0 fully saturated rings. The number of hydrogen-bond acceptors (Lipinski definition) is 10. The molecule has 0 aromatic heterocycles. The minimum absolute atomic E-state index is 0. The van der Waals surface area contributed by atoms with Gasteiger partial charge >= 0.3 is 109 Å². The van der Waals surface area contributed by atoms with Crippen LogP contribution in [0.4, 0.5) is 0 Å². The van der Waals surface area contributed by atoms with Crippen LogP contribution in [0, 0.1) is 47.0 Å². The predicted octanol–water partition coefficient (Wildman–Crippen LogP) is 19.7. The average molecular weight is 1390 g/mol. The summed E-state index contributed by atoms with van der Waals surface area (Å²) in [7, 11) is 0. The van der Waals surface area contributed by atoms with E-state index in [0.717, 1.165) is 129 Å². The molecule has 0 bridgehead atoms. The molecule has 0 spiro atoms. The Bertz CT molecular complexity index is 1150. The van der Waals surface area contributed by atoms with Crippen LogP contribution in [0.1, 0.15) is 398 Å². The topological polar surface area (TPSA) is 124 Å². The summed E-state index contributed by atoms with van der Waals surface area (Å²) < 4.78 is 31.6. The van der Waals surface area contributed by atoms with E-state index < -0.39 is 0 Å². The number of esters is 1. The molecule has 1 unspecified atom stereocenters. The van der Waals surface area contributed by atoms with Gasteiger partial charge < -0.3 is 73.1 Å². The molecule has 0 aliphatic heterocycles. The van der Waals surface area contributed by atoms with Gasteiger partial charge in [-0.1, -0.05) is 295 Å². The molecule has 0 N–H and O–H groups in total. The van der Waals surface area contributed by atoms with Crippen LogP contribution in [0.5, 0.6) is 0 Å². The van der Waals surface area contributed by atoms with Gasteiger partial charge in [0.15, 0.2) is 0 Å². The average Bonchev–Trinajstić information content (AvgIpc) is 3.78. The number of carbonyl (C=O) groups is 3. The second-order valence-corrected chi connectivity index (χ2v) is 24.7. The van der Waals surface area contributed by atoms with Crippen molar-refractivity contribution in [2.45, 2.75) is 410 Å². The van der Waals surface area contributed by atoms with Gasteiger partial charge in [-0.25, -0.2) is 0 Å². The van der Waals surface area contributed by atoms with Gasteiger partial charge in [0.25, 0.3) is 6.47 Å². The number of unbranched alkanes of at least 4 members (excludes halogenated alkanes) is 31. The summed E-state index contributed by atoms with van der Waals surface area (Å²) in [5.41, 5.74) is 0. The zero-order valence-electron chi connectivity index (χ0n) is 67.0. The molecule has 0 rings (SSSR count). The van der Waals surface area contributed by atoms with Crippen LogP contribution in [-0.4, -0.2) is 90.1 Å². The molecule has 94 heavy (non-hydrogen) atoms. The Balaban J connectivity index is -0.0000000998. The number of hydrogen-bond donors (Lipinski definition) is 0. The van der Waals surface area contributed by atoms with Crippen molar-refractivity contribution >= 4 is 25.0 Å². The fourth-order valence-corrected chi connectivity index (χ4v) is 8.88. The fraction of sp³-hybridized carbons (Fsp3) is 0.890. The van der Waals surface area contributed by atoms with Crippen molar-refractivity contribution in [3.63, 3.8) is 0 Å². The zero-order valence-corrected chi connectivity index (χ0v) is 73.2. The molecule has 0 aliphatic carbocycles. The van der Waals surface area contributed by atoms with Gasteiger partial charge in [-0.05, 0) is 90.4 Å². The first kappa shape index (κ1) is 119. The third-order valence-electron chi connectivity index (χ3n) is 14.9. The maximum atomic E-state index is 12.1. The third-order valence-corrected chi connectivity index (χ3v) is 14.9. The molecule has 0 radical (unpaired) electrons. The second kappa shape index (κ2) is 124. The van der Waals surface area contributed by atoms with Crippen LogP contribution in [0.2, 0.25) is 0 Å². The molecule has 0 saturated carbocycles. The van der Waals surface area contributed by atoms with E-state index in [1.165, 1.54) is 225 Å². The number of ether oxygens (including phenoxy) is 6. The molecule has 0 aliphatic rings. The van der Waals surface area contributed by atoms with Gasteiger partial charge in [-0.15, -0.1) is 5.92 Å². The van der Waals surface area contributed by atoms with Gasteiger partial charge in [0.1, 0.15) is 18.5 Å². The van der Waals surface area contributed by atoms with E-state index in [1.54, 1.807) is 0 Å². The van der Waals surface area contributed by atoms with E-state index in [4.69, 9.17) is 33.2 Å². The molecule has 0 saturated heterocycles. The van der Waals surface area contributed by atoms with Crippen LogP contribution in [0.25, 0.3) is 0 Å². The maximum absolute atomic E-state index is 12.1. The molecule has 0 amide bonds. The quantitative estimate of drug-likeness (QED) is 0.0191. The summed E-state index contributed by atoms with van der Waals surface area (Å²) in [5.74, 6) is 0.684. The fourth-order valence-electron chi connectivity index (χ4n) is 8.88. The van der Waals surface area contributed by atoms with E-state index in [0.29, 0.717) is 32.0 Å². The van der Waals surface area contributed by atoms with E-state index in [2.05, 4.69) is 104 Å². The third kappa shape index (κ3) is 140. The molecule has 0 aromatic carbocycles. The van der Waals surface area contributed by atoms with Crippen molar-refractivity contribution in [2.75, 3.05) is 52.9 Å². The van der Waals surface area contributed by atoms with Gasteiger partial charge in [0.2, 0.25) is 0 Å². The van der Waals surface area contributed by atoms with E-state index in [1.807, 2.05) is 13.2 Å². The van der Waals surface area contributed by atoms with E-state index in [9.17, 15) is 14.4 Å². The van der Waals surface area contributed by atoms with Gasteiger partial charge in [0, 0.05) is 39.5 Å². The van der Waals surface area contributed by atoms with Gasteiger partial charge in [-0.2, -0.15) is 19.3 Å². The molecular weight excluding hydrogens is 1220 g/mol. The molecular formula is C82H168K2O10-4. The number of aldehydes is 1. The monoisotopic (exact) mass is 1390 g/mol. The summed E-state index contributed by atoms with van der Waals surface area (Å²) in [6, 6.07) is 0. The molecule has 1 atom stereocenters. The minimum atomic E-state index is -0.0730. The predicted molar refractivity (Wildman–Crippen MR) is 406 cm³/mol. The second-order valence-electron chi connectivity index (χ2n) is 24.7. The maximum Gasteiger partial charge on any atom is 1.00 e. The number of carbonyl (C=O) groups excluding carboxylic acids is 4. The Kier molecular flexibility index (Phi) is 158. The smallest absolute Gasteiger partial charge is 0.541 e. The van der Waals surface area contributed by atoms with Crippen LogP contribution in [0.3, 0.4) is 0 Å². The normalized spacial score (nSPS) is 10.3. The van der Waals surface area contributed by atoms with Crippen LogP contribution in [0.15, 0.2) is 0 Å². The Hall–Kier alpha value is 1.39. The largest absolute Gasteiger partial charge is 1.00 e. The molecule has 12 heteroatoms. The van der Waals surface area contributed by atoms with Gasteiger partial charge in [0.05, 0.1) is 13.2 Å². The first-order chi connectivity index (χ1) is 44.4. The Labute approximate surface area is 678 Å². The molecule has 10 nitrogen and oxygen atoms in total. The minimum Gasteiger partial charge on any atom is -0.541 e. The zero-order chi connectivity index (χ0) is 69.8. The molecule has 0 aromatic rings. The van der Waals surface area contributed by atoms with Crippen LogP contribution < -0.4 is 103 Å². The van der Waals surface area contributed by atoms with Crippen LogP contribution in [-0.2, 0) is 47.6 Å². The standard InChI is InChI=1S/C24H48O2.C18H36O2.C10H19O2.C8H18O2.C8H17.C6H12.C5H11O.C2H4O.CH3.2K/c1-4-7-10-13-15-17-20-23(21-18-16-14-11-8-5-2)26-24(25)22-19-12-9-6-3;1-3-5-7-9-11-13-15-18(20-17-19)16-14-12-10-8-6-4-2;1-3-4-5-6-7-12-9-10(2)8-11;1-3-5-9-7-8-10-6-4-2;1-3-5-7-8-6-4-2;1-4-6(3)5-2;1-3-5-6-4-2;1-2-3;;;/h23H,4-22H2,1-3H3;17-18H,3-16H2,1-2H3;10H,3-7,9H2,1-2H3;3-8H2,1-2H3;1,3-8H2,2H3;6H,1-2,4-5H2,3H3;2-5H2,1H3;2H,1H3;1H3;;/q;;-1;;-1;-2;-1;;-1;2*+1. The van der Waals surface area contributed by atoms with Crippen molar-refractivity contribution in [3.8, 4) is 0 Å².